The predicted molar refractivity (Wildman–Crippen MR) is 118 cm³/mol. The number of carbonyl (C=O) groups excluding carboxylic acids is 1. The number of aliphatic imine (C=N–C) groups is 1. The molecule has 0 N–H and O–H groups in total. The standard InChI is InChI=1S/C19H16ClN5O2S2/c1-27-17-5-4-13(9-15(17)20)25-18(26)16(10-14-3-2-7-28-14)23-19(25)29-8-6-24-12-21-11-22-24/h2-5,7,9-12H,6,8H2,1H3/b16-10-. The molecule has 2 aromatic heterocycles. The van der Waals surface area contributed by atoms with E-state index in [9.17, 15) is 4.79 Å². The van der Waals surface area contributed by atoms with E-state index in [1.54, 1.807) is 58.6 Å². The number of thioether (sulfide) groups is 1. The lowest BCUT2D eigenvalue weighted by Crippen LogP contribution is -2.30. The molecule has 1 aromatic carbocycles. The molecule has 148 valence electrons. The summed E-state index contributed by atoms with van der Waals surface area (Å²) >= 11 is 9.32. The van der Waals surface area contributed by atoms with Crippen molar-refractivity contribution in [2.75, 3.05) is 17.8 Å². The number of halogens is 1. The van der Waals surface area contributed by atoms with Gasteiger partial charge < -0.3 is 4.74 Å². The van der Waals surface area contributed by atoms with Crippen LogP contribution in [0.1, 0.15) is 4.88 Å². The fraction of sp³-hybridized carbons (Fsp3) is 0.158. The van der Waals surface area contributed by atoms with Crippen molar-refractivity contribution in [1.82, 2.24) is 14.8 Å². The number of amides is 1. The summed E-state index contributed by atoms with van der Waals surface area (Å²) in [5.41, 5.74) is 1.03. The second-order valence-corrected chi connectivity index (χ2v) is 8.35. The normalized spacial score (nSPS) is 15.2. The third-order valence-electron chi connectivity index (χ3n) is 4.06. The molecule has 4 rings (SSSR count). The first-order valence-electron chi connectivity index (χ1n) is 8.63. The molecule has 0 atom stereocenters. The first kappa shape index (κ1) is 19.7. The number of nitrogens with zero attached hydrogens (tertiary/aromatic N) is 5. The Bertz CT molecular complexity index is 1060. The number of hydrogen-bond acceptors (Lipinski definition) is 7. The van der Waals surface area contributed by atoms with Gasteiger partial charge in [-0.1, -0.05) is 29.4 Å². The minimum Gasteiger partial charge on any atom is -0.495 e. The fourth-order valence-electron chi connectivity index (χ4n) is 2.70. The van der Waals surface area contributed by atoms with Gasteiger partial charge in [0.25, 0.3) is 5.91 Å². The molecule has 0 bridgehead atoms. The maximum absolute atomic E-state index is 13.1. The summed E-state index contributed by atoms with van der Waals surface area (Å²) in [6.45, 7) is 0.652. The summed E-state index contributed by atoms with van der Waals surface area (Å²) in [5, 5.41) is 7.09. The molecule has 29 heavy (non-hydrogen) atoms. The predicted octanol–water partition coefficient (Wildman–Crippen LogP) is 4.18. The number of amidine groups is 1. The van der Waals surface area contributed by atoms with Crippen molar-refractivity contribution in [2.24, 2.45) is 4.99 Å². The van der Waals surface area contributed by atoms with Gasteiger partial charge in [-0.05, 0) is 35.7 Å². The van der Waals surface area contributed by atoms with Crippen LogP contribution < -0.4 is 9.64 Å². The smallest absolute Gasteiger partial charge is 0.283 e. The van der Waals surface area contributed by atoms with Gasteiger partial charge in [0.1, 0.15) is 24.1 Å². The van der Waals surface area contributed by atoms with Gasteiger partial charge in [0, 0.05) is 10.6 Å². The minimum atomic E-state index is -0.192. The molecule has 1 aliphatic rings. The topological polar surface area (TPSA) is 72.6 Å². The van der Waals surface area contributed by atoms with E-state index in [-0.39, 0.29) is 5.91 Å². The van der Waals surface area contributed by atoms with Gasteiger partial charge >= 0.3 is 0 Å². The van der Waals surface area contributed by atoms with E-state index >= 15 is 0 Å². The van der Waals surface area contributed by atoms with Crippen LogP contribution in [-0.4, -0.2) is 38.7 Å². The van der Waals surface area contributed by atoms with Gasteiger partial charge in [-0.15, -0.1) is 11.3 Å². The van der Waals surface area contributed by atoms with Crippen LogP contribution >= 0.6 is 34.7 Å². The van der Waals surface area contributed by atoms with Crippen LogP contribution in [0, 0.1) is 0 Å². The first-order chi connectivity index (χ1) is 14.2. The van der Waals surface area contributed by atoms with Crippen molar-refractivity contribution in [3.05, 3.63) is 64.0 Å². The number of benzene rings is 1. The number of rotatable bonds is 6. The Morgan fingerprint density at radius 3 is 2.93 bits per heavy atom. The molecule has 3 heterocycles. The number of aryl methyl sites for hydroxylation is 1. The van der Waals surface area contributed by atoms with E-state index in [1.807, 2.05) is 17.5 Å². The molecule has 1 amide bonds. The molecule has 7 nitrogen and oxygen atoms in total. The van der Waals surface area contributed by atoms with E-state index in [4.69, 9.17) is 16.3 Å². The van der Waals surface area contributed by atoms with E-state index in [2.05, 4.69) is 15.1 Å². The molecule has 0 spiro atoms. The van der Waals surface area contributed by atoms with Crippen molar-refractivity contribution in [3.63, 3.8) is 0 Å². The number of ether oxygens (including phenoxy) is 1. The van der Waals surface area contributed by atoms with Crippen LogP contribution in [0.15, 0.2) is 59.1 Å². The summed E-state index contributed by atoms with van der Waals surface area (Å²) < 4.78 is 6.95. The minimum absolute atomic E-state index is 0.192. The highest BCUT2D eigenvalue weighted by Gasteiger charge is 2.32. The second-order valence-electron chi connectivity index (χ2n) is 5.91. The van der Waals surface area contributed by atoms with E-state index in [1.165, 1.54) is 18.1 Å². The first-order valence-corrected chi connectivity index (χ1v) is 10.9. The molecular formula is C19H16ClN5O2S2. The third-order valence-corrected chi connectivity index (χ3v) is 6.10. The van der Waals surface area contributed by atoms with Crippen molar-refractivity contribution in [3.8, 4) is 5.75 Å². The summed E-state index contributed by atoms with van der Waals surface area (Å²) in [5.74, 6) is 1.04. The highest BCUT2D eigenvalue weighted by atomic mass is 35.5. The van der Waals surface area contributed by atoms with Crippen LogP contribution in [0.5, 0.6) is 5.75 Å². The molecule has 0 radical (unpaired) electrons. The van der Waals surface area contributed by atoms with Gasteiger partial charge in [-0.2, -0.15) is 5.10 Å². The zero-order chi connectivity index (χ0) is 20.2. The summed E-state index contributed by atoms with van der Waals surface area (Å²) in [7, 11) is 1.55. The van der Waals surface area contributed by atoms with E-state index < -0.39 is 0 Å². The largest absolute Gasteiger partial charge is 0.495 e. The Morgan fingerprint density at radius 2 is 2.24 bits per heavy atom. The molecule has 10 heteroatoms. The van der Waals surface area contributed by atoms with Crippen LogP contribution in [-0.2, 0) is 11.3 Å². The van der Waals surface area contributed by atoms with Gasteiger partial charge in [0.05, 0.1) is 24.4 Å². The summed E-state index contributed by atoms with van der Waals surface area (Å²) in [6.07, 6.45) is 4.95. The Kier molecular flexibility index (Phi) is 5.98. The molecule has 0 fully saturated rings. The lowest BCUT2D eigenvalue weighted by molar-refractivity contribution is -0.113. The monoisotopic (exact) mass is 445 g/mol. The average molecular weight is 446 g/mol. The number of anilines is 1. The lowest BCUT2D eigenvalue weighted by atomic mass is 10.2. The number of hydrogen-bond donors (Lipinski definition) is 0. The molecule has 0 saturated carbocycles. The van der Waals surface area contributed by atoms with Gasteiger partial charge in [-0.25, -0.2) is 9.98 Å². The van der Waals surface area contributed by atoms with Crippen molar-refractivity contribution in [1.29, 1.82) is 0 Å². The molecule has 3 aromatic rings. The number of aromatic nitrogens is 3. The number of carbonyl (C=O) groups is 1. The second kappa shape index (κ2) is 8.81. The Hall–Kier alpha value is -2.62. The number of methoxy groups -OCH3 is 1. The molecule has 1 aliphatic heterocycles. The lowest BCUT2D eigenvalue weighted by Gasteiger charge is -2.18. The fourth-order valence-corrected chi connectivity index (χ4v) is 4.55. The van der Waals surface area contributed by atoms with Crippen LogP contribution in [0.4, 0.5) is 5.69 Å². The molecular weight excluding hydrogens is 430 g/mol. The Labute approximate surface area is 180 Å². The summed E-state index contributed by atoms with van der Waals surface area (Å²) in [6, 6.07) is 9.13. The van der Waals surface area contributed by atoms with Crippen LogP contribution in [0.3, 0.4) is 0 Å². The van der Waals surface area contributed by atoms with Gasteiger partial charge in [-0.3, -0.25) is 14.4 Å². The highest BCUT2D eigenvalue weighted by molar-refractivity contribution is 8.14. The average Bonchev–Trinajstić information content (AvgIpc) is 3.46. The van der Waals surface area contributed by atoms with Crippen molar-refractivity contribution in [2.45, 2.75) is 6.54 Å². The van der Waals surface area contributed by atoms with Crippen molar-refractivity contribution >= 4 is 57.5 Å². The van der Waals surface area contributed by atoms with E-state index in [0.29, 0.717) is 39.6 Å². The Balaban J connectivity index is 1.62. The molecule has 0 aliphatic carbocycles. The Morgan fingerprint density at radius 1 is 1.34 bits per heavy atom. The molecule has 0 saturated heterocycles. The highest BCUT2D eigenvalue weighted by Crippen LogP contribution is 2.34. The quantitative estimate of drug-likeness (QED) is 0.532. The number of thiophene rings is 1. The summed E-state index contributed by atoms with van der Waals surface area (Å²) in [4.78, 5) is 24.2. The maximum atomic E-state index is 13.1. The zero-order valence-electron chi connectivity index (χ0n) is 15.4. The maximum Gasteiger partial charge on any atom is 0.283 e. The van der Waals surface area contributed by atoms with E-state index in [0.717, 1.165) is 4.88 Å². The van der Waals surface area contributed by atoms with Crippen molar-refractivity contribution < 1.29 is 9.53 Å². The third kappa shape index (κ3) is 4.36. The van der Waals surface area contributed by atoms with Crippen LogP contribution in [0.2, 0.25) is 5.02 Å². The molecule has 0 unspecified atom stereocenters. The SMILES string of the molecule is COc1ccc(N2C(=O)/C(=C/c3cccs3)N=C2SCCn2cncn2)cc1Cl. The van der Waals surface area contributed by atoms with Gasteiger partial charge in [0.15, 0.2) is 5.17 Å². The zero-order valence-corrected chi connectivity index (χ0v) is 17.7. The van der Waals surface area contributed by atoms with Gasteiger partial charge in [0.2, 0.25) is 0 Å². The van der Waals surface area contributed by atoms with Crippen LogP contribution in [0.25, 0.3) is 6.08 Å².